The second kappa shape index (κ2) is 7.86. The zero-order valence-electron chi connectivity index (χ0n) is 14.0. The predicted molar refractivity (Wildman–Crippen MR) is 96.2 cm³/mol. The molecular weight excluding hydrogens is 308 g/mol. The summed E-state index contributed by atoms with van der Waals surface area (Å²) in [5.41, 5.74) is 1.32. The number of nitrogens with zero attached hydrogens (tertiary/aromatic N) is 2. The van der Waals surface area contributed by atoms with Crippen molar-refractivity contribution < 1.29 is 5.11 Å². The highest BCUT2D eigenvalue weighted by molar-refractivity contribution is 7.99. The Morgan fingerprint density at radius 1 is 1.35 bits per heavy atom. The highest BCUT2D eigenvalue weighted by Gasteiger charge is 2.34. The zero-order valence-corrected chi connectivity index (χ0v) is 14.8. The third-order valence-electron chi connectivity index (χ3n) is 4.98. The minimum absolute atomic E-state index is 0.137. The van der Waals surface area contributed by atoms with Gasteiger partial charge in [0.2, 0.25) is 0 Å². The second-order valence-corrected chi connectivity index (χ2v) is 8.15. The quantitative estimate of drug-likeness (QED) is 0.775. The minimum Gasteiger partial charge on any atom is -0.391 e. The number of likely N-dealkylation sites (tertiary alicyclic amines) is 1. The van der Waals surface area contributed by atoms with Gasteiger partial charge in [0.15, 0.2) is 0 Å². The van der Waals surface area contributed by atoms with E-state index in [0.29, 0.717) is 11.8 Å². The van der Waals surface area contributed by atoms with Gasteiger partial charge in [-0.25, -0.2) is 0 Å². The Morgan fingerprint density at radius 3 is 3.04 bits per heavy atom. The Morgan fingerprint density at radius 2 is 2.22 bits per heavy atom. The minimum atomic E-state index is -0.242. The Kier molecular flexibility index (Phi) is 5.83. The normalized spacial score (nSPS) is 25.1. The number of unbranched alkanes of at least 4 members (excludes halogenated alkanes) is 1. The average molecular weight is 337 g/mol. The fraction of sp³-hybridized carbons (Fsp3) is 0.722. The molecule has 128 valence electrons. The van der Waals surface area contributed by atoms with Gasteiger partial charge in [-0.05, 0) is 30.6 Å². The number of β-amino-alcohol motifs (C(OH)–C–C–N with tert-alkyl or cyclic N) is 1. The summed E-state index contributed by atoms with van der Waals surface area (Å²) in [6.07, 6.45) is 3.39. The van der Waals surface area contributed by atoms with E-state index in [4.69, 9.17) is 0 Å². The molecule has 3 atom stereocenters. The third kappa shape index (κ3) is 4.20. The van der Waals surface area contributed by atoms with Gasteiger partial charge in [0.05, 0.1) is 6.10 Å². The first-order valence-electron chi connectivity index (χ1n) is 8.85. The van der Waals surface area contributed by atoms with Gasteiger partial charge in [-0.2, -0.15) is 11.8 Å². The molecule has 5 heteroatoms. The fourth-order valence-electron chi connectivity index (χ4n) is 3.96. The summed E-state index contributed by atoms with van der Waals surface area (Å²) >= 11 is 1.86. The van der Waals surface area contributed by atoms with Crippen molar-refractivity contribution in [3.63, 3.8) is 0 Å². The molecule has 2 bridgehead atoms. The number of fused-ring (bicyclic) bond motifs is 4. The van der Waals surface area contributed by atoms with Gasteiger partial charge < -0.3 is 9.67 Å². The molecular formula is C18H28N2O2S. The molecule has 0 radical (unpaired) electrons. The van der Waals surface area contributed by atoms with Crippen LogP contribution in [0.5, 0.6) is 0 Å². The number of aliphatic hydroxyl groups excluding tert-OH is 1. The molecule has 0 aromatic carbocycles. The summed E-state index contributed by atoms with van der Waals surface area (Å²) in [6.45, 7) is 5.78. The van der Waals surface area contributed by atoms with Crippen molar-refractivity contribution in [3.05, 3.63) is 34.2 Å². The summed E-state index contributed by atoms with van der Waals surface area (Å²) in [7, 11) is 0. The van der Waals surface area contributed by atoms with E-state index in [0.717, 1.165) is 37.7 Å². The van der Waals surface area contributed by atoms with Crippen molar-refractivity contribution in [2.75, 3.05) is 31.1 Å². The van der Waals surface area contributed by atoms with E-state index in [1.165, 1.54) is 25.0 Å². The van der Waals surface area contributed by atoms with Crippen LogP contribution in [0.25, 0.3) is 0 Å². The molecule has 0 amide bonds. The lowest BCUT2D eigenvalue weighted by Gasteiger charge is -2.43. The van der Waals surface area contributed by atoms with E-state index in [2.05, 4.69) is 17.9 Å². The molecule has 0 unspecified atom stereocenters. The molecule has 0 spiro atoms. The fourth-order valence-corrected chi connectivity index (χ4v) is 5.00. The van der Waals surface area contributed by atoms with Crippen LogP contribution in [0, 0.1) is 5.92 Å². The number of aliphatic hydroxyl groups is 1. The van der Waals surface area contributed by atoms with Gasteiger partial charge in [0.25, 0.3) is 5.56 Å². The zero-order chi connectivity index (χ0) is 16.2. The van der Waals surface area contributed by atoms with E-state index in [1.54, 1.807) is 6.07 Å². The van der Waals surface area contributed by atoms with Crippen LogP contribution in [0.2, 0.25) is 0 Å². The van der Waals surface area contributed by atoms with Crippen molar-refractivity contribution in [3.8, 4) is 0 Å². The van der Waals surface area contributed by atoms with Crippen molar-refractivity contribution in [1.29, 1.82) is 0 Å². The highest BCUT2D eigenvalue weighted by atomic mass is 32.2. The smallest absolute Gasteiger partial charge is 0.250 e. The molecule has 3 rings (SSSR count). The monoisotopic (exact) mass is 336 g/mol. The number of pyridine rings is 1. The molecule has 2 aliphatic heterocycles. The summed E-state index contributed by atoms with van der Waals surface area (Å²) in [6, 6.07) is 5.65. The Balaban J connectivity index is 1.56. The molecule has 0 aliphatic carbocycles. The van der Waals surface area contributed by atoms with Crippen molar-refractivity contribution in [1.82, 2.24) is 9.47 Å². The lowest BCUT2D eigenvalue weighted by atomic mass is 9.83. The first kappa shape index (κ1) is 17.1. The molecule has 1 N–H and O–H groups in total. The first-order chi connectivity index (χ1) is 11.2. The average Bonchev–Trinajstić information content (AvgIpc) is 2.53. The van der Waals surface area contributed by atoms with Gasteiger partial charge in [-0.3, -0.25) is 9.69 Å². The van der Waals surface area contributed by atoms with Gasteiger partial charge in [0, 0.05) is 49.6 Å². The summed E-state index contributed by atoms with van der Waals surface area (Å²) in [5.74, 6) is 2.97. The largest absolute Gasteiger partial charge is 0.391 e. The van der Waals surface area contributed by atoms with Crippen LogP contribution in [0.3, 0.4) is 0 Å². The molecule has 3 heterocycles. The molecule has 0 saturated carbocycles. The van der Waals surface area contributed by atoms with E-state index in [-0.39, 0.29) is 11.7 Å². The topological polar surface area (TPSA) is 45.5 Å². The molecule has 1 aromatic rings. The summed E-state index contributed by atoms with van der Waals surface area (Å²) in [4.78, 5) is 14.4. The maximum absolute atomic E-state index is 12.0. The molecule has 1 aromatic heterocycles. The molecule has 1 saturated heterocycles. The maximum atomic E-state index is 12.0. The van der Waals surface area contributed by atoms with Gasteiger partial charge in [-0.1, -0.05) is 19.4 Å². The molecule has 2 aliphatic rings. The lowest BCUT2D eigenvalue weighted by molar-refractivity contribution is 0.0717. The van der Waals surface area contributed by atoms with Crippen LogP contribution in [0.15, 0.2) is 23.0 Å². The van der Waals surface area contributed by atoms with E-state index in [1.807, 2.05) is 22.4 Å². The number of rotatable bonds is 7. The highest BCUT2D eigenvalue weighted by Crippen LogP contribution is 2.34. The van der Waals surface area contributed by atoms with E-state index in [9.17, 15) is 9.90 Å². The van der Waals surface area contributed by atoms with Crippen LogP contribution in [0.1, 0.15) is 37.8 Å². The Bertz CT molecular complexity index is 574. The Hall–Kier alpha value is -0.780. The van der Waals surface area contributed by atoms with Gasteiger partial charge >= 0.3 is 0 Å². The number of piperidine rings is 1. The third-order valence-corrected chi connectivity index (χ3v) is 6.17. The van der Waals surface area contributed by atoms with Crippen LogP contribution < -0.4 is 5.56 Å². The van der Waals surface area contributed by atoms with Gasteiger partial charge in [-0.15, -0.1) is 0 Å². The standard InChI is InChI=1S/C18H28N2O2S/c1-2-3-7-23-13-16(21)12-19-9-14-8-15(11-19)17-5-4-6-18(22)20(17)10-14/h4-6,14-16,21H,2-3,7-13H2,1H3/t14-,15-,16-/m0/s1. The summed E-state index contributed by atoms with van der Waals surface area (Å²) in [5, 5.41) is 10.3. The number of hydrogen-bond acceptors (Lipinski definition) is 4. The van der Waals surface area contributed by atoms with Crippen LogP contribution in [-0.4, -0.2) is 51.8 Å². The van der Waals surface area contributed by atoms with Crippen LogP contribution >= 0.6 is 11.8 Å². The number of thioether (sulfide) groups is 1. The van der Waals surface area contributed by atoms with Crippen LogP contribution in [-0.2, 0) is 6.54 Å². The number of aromatic nitrogens is 1. The van der Waals surface area contributed by atoms with Crippen molar-refractivity contribution in [2.24, 2.45) is 5.92 Å². The Labute approximate surface area is 142 Å². The first-order valence-corrected chi connectivity index (χ1v) is 10.0. The van der Waals surface area contributed by atoms with Crippen LogP contribution in [0.4, 0.5) is 0 Å². The lowest BCUT2D eigenvalue weighted by Crippen LogP contribution is -2.49. The van der Waals surface area contributed by atoms with Gasteiger partial charge in [0.1, 0.15) is 0 Å². The molecule has 4 nitrogen and oxygen atoms in total. The number of hydrogen-bond donors (Lipinski definition) is 1. The van der Waals surface area contributed by atoms with E-state index >= 15 is 0 Å². The van der Waals surface area contributed by atoms with E-state index < -0.39 is 0 Å². The predicted octanol–water partition coefficient (Wildman–Crippen LogP) is 2.16. The SMILES string of the molecule is CCCCSC[C@@H](O)CN1C[C@@H]2C[C@@H](C1)c1cccc(=O)n1C2. The second-order valence-electron chi connectivity index (χ2n) is 7.00. The molecule has 23 heavy (non-hydrogen) atoms. The van der Waals surface area contributed by atoms with Crippen molar-refractivity contribution >= 4 is 11.8 Å². The summed E-state index contributed by atoms with van der Waals surface area (Å²) < 4.78 is 1.97. The maximum Gasteiger partial charge on any atom is 0.250 e. The van der Waals surface area contributed by atoms with Crippen molar-refractivity contribution in [2.45, 2.75) is 44.8 Å². The molecule has 1 fully saturated rings.